The van der Waals surface area contributed by atoms with Gasteiger partial charge in [0.15, 0.2) is 0 Å². The Kier molecular flexibility index (Phi) is 4.37. The van der Waals surface area contributed by atoms with Gasteiger partial charge in [0.1, 0.15) is 11.6 Å². The fourth-order valence-corrected chi connectivity index (χ4v) is 2.48. The third kappa shape index (κ3) is 3.39. The molecule has 0 spiro atoms. The van der Waals surface area contributed by atoms with Crippen molar-refractivity contribution in [2.75, 3.05) is 7.11 Å². The highest BCUT2D eigenvalue weighted by Crippen LogP contribution is 2.29. The lowest BCUT2D eigenvalue weighted by Gasteiger charge is -2.06. The fraction of sp³-hybridized carbons (Fsp3) is 0.222. The Hall–Kier alpha value is -2.69. The molecule has 1 heterocycles. The number of ether oxygens (including phenoxy) is 1. The van der Waals surface area contributed by atoms with Gasteiger partial charge in [-0.05, 0) is 36.2 Å². The summed E-state index contributed by atoms with van der Waals surface area (Å²) in [4.78, 5) is 4.46. The van der Waals surface area contributed by atoms with Crippen molar-refractivity contribution in [3.8, 4) is 17.1 Å². The zero-order valence-electron chi connectivity index (χ0n) is 13.0. The number of hydrogen-bond acceptors (Lipinski definition) is 4. The summed E-state index contributed by atoms with van der Waals surface area (Å²) in [5, 5.41) is 4.04. The van der Waals surface area contributed by atoms with Gasteiger partial charge < -0.3 is 9.26 Å². The number of aromatic nitrogens is 2. The van der Waals surface area contributed by atoms with E-state index in [9.17, 15) is 4.39 Å². The molecule has 23 heavy (non-hydrogen) atoms. The maximum atomic E-state index is 13.3. The van der Waals surface area contributed by atoms with E-state index in [4.69, 9.17) is 9.26 Å². The average Bonchev–Trinajstić information content (AvgIpc) is 3.05. The maximum Gasteiger partial charge on any atom is 0.230 e. The van der Waals surface area contributed by atoms with Crippen LogP contribution in [-0.4, -0.2) is 17.3 Å². The van der Waals surface area contributed by atoms with Gasteiger partial charge in [0.05, 0.1) is 12.7 Å². The first-order valence-corrected chi connectivity index (χ1v) is 7.39. The van der Waals surface area contributed by atoms with Gasteiger partial charge >= 0.3 is 0 Å². The van der Waals surface area contributed by atoms with Gasteiger partial charge in [-0.1, -0.05) is 36.3 Å². The highest BCUT2D eigenvalue weighted by molar-refractivity contribution is 5.63. The topological polar surface area (TPSA) is 48.2 Å². The molecule has 118 valence electrons. The van der Waals surface area contributed by atoms with E-state index in [1.54, 1.807) is 13.2 Å². The van der Waals surface area contributed by atoms with Crippen LogP contribution in [0.3, 0.4) is 0 Å². The van der Waals surface area contributed by atoms with Crippen molar-refractivity contribution in [3.63, 3.8) is 0 Å². The van der Waals surface area contributed by atoms with Gasteiger partial charge in [0.25, 0.3) is 0 Å². The molecule has 4 nitrogen and oxygen atoms in total. The molecule has 1 unspecified atom stereocenters. The van der Waals surface area contributed by atoms with Crippen LogP contribution in [0.5, 0.6) is 5.75 Å². The molecule has 0 radical (unpaired) electrons. The quantitative estimate of drug-likeness (QED) is 0.707. The van der Waals surface area contributed by atoms with Crippen molar-refractivity contribution in [2.45, 2.75) is 19.3 Å². The van der Waals surface area contributed by atoms with Crippen molar-refractivity contribution in [3.05, 3.63) is 65.8 Å². The predicted molar refractivity (Wildman–Crippen MR) is 84.8 cm³/mol. The van der Waals surface area contributed by atoms with Crippen molar-refractivity contribution in [2.24, 2.45) is 0 Å². The SMILES string of the molecule is COc1ccccc1-c1noc(C(C)Cc2cccc(F)c2)n1. The van der Waals surface area contributed by atoms with Crippen LogP contribution in [0.25, 0.3) is 11.4 Å². The lowest BCUT2D eigenvalue weighted by molar-refractivity contribution is 0.358. The van der Waals surface area contributed by atoms with Gasteiger partial charge in [0, 0.05) is 5.92 Å². The lowest BCUT2D eigenvalue weighted by atomic mass is 10.0. The van der Waals surface area contributed by atoms with E-state index in [2.05, 4.69) is 10.1 Å². The van der Waals surface area contributed by atoms with Crippen LogP contribution < -0.4 is 4.74 Å². The number of nitrogens with zero attached hydrogens (tertiary/aromatic N) is 2. The molecular weight excluding hydrogens is 295 g/mol. The standard InChI is InChI=1S/C18H17FN2O2/c1-12(10-13-6-5-7-14(19)11-13)18-20-17(21-23-18)15-8-3-4-9-16(15)22-2/h3-9,11-12H,10H2,1-2H3. The highest BCUT2D eigenvalue weighted by Gasteiger charge is 2.17. The van der Waals surface area contributed by atoms with E-state index in [0.29, 0.717) is 23.9 Å². The van der Waals surface area contributed by atoms with E-state index in [-0.39, 0.29) is 11.7 Å². The Bertz CT molecular complexity index is 801. The summed E-state index contributed by atoms with van der Waals surface area (Å²) in [6, 6.07) is 14.0. The number of halogens is 1. The van der Waals surface area contributed by atoms with Crippen LogP contribution in [0.2, 0.25) is 0 Å². The zero-order valence-corrected chi connectivity index (χ0v) is 13.0. The number of hydrogen-bond donors (Lipinski definition) is 0. The van der Waals surface area contributed by atoms with Crippen LogP contribution in [0.4, 0.5) is 4.39 Å². The first-order valence-electron chi connectivity index (χ1n) is 7.39. The van der Waals surface area contributed by atoms with Crippen LogP contribution >= 0.6 is 0 Å². The largest absolute Gasteiger partial charge is 0.496 e. The van der Waals surface area contributed by atoms with E-state index in [1.807, 2.05) is 37.3 Å². The minimum absolute atomic E-state index is 0.00671. The van der Waals surface area contributed by atoms with Gasteiger partial charge in [-0.2, -0.15) is 4.98 Å². The minimum Gasteiger partial charge on any atom is -0.496 e. The molecule has 1 aromatic heterocycles. The molecule has 0 amide bonds. The van der Waals surface area contributed by atoms with Crippen LogP contribution in [0.15, 0.2) is 53.1 Å². The molecule has 3 aromatic rings. The summed E-state index contributed by atoms with van der Waals surface area (Å²) in [7, 11) is 1.60. The minimum atomic E-state index is -0.241. The molecule has 0 aliphatic heterocycles. The maximum absolute atomic E-state index is 13.3. The van der Waals surface area contributed by atoms with E-state index in [1.165, 1.54) is 12.1 Å². The normalized spacial score (nSPS) is 12.1. The van der Waals surface area contributed by atoms with Crippen molar-refractivity contribution in [1.82, 2.24) is 10.1 Å². The number of para-hydroxylation sites is 1. The molecule has 5 heteroatoms. The first kappa shape index (κ1) is 15.2. The third-order valence-corrected chi connectivity index (χ3v) is 3.64. The van der Waals surface area contributed by atoms with Gasteiger partial charge in [-0.15, -0.1) is 0 Å². The Morgan fingerprint density at radius 3 is 2.78 bits per heavy atom. The summed E-state index contributed by atoms with van der Waals surface area (Å²) in [5.74, 6) is 1.46. The van der Waals surface area contributed by atoms with Gasteiger partial charge in [-0.3, -0.25) is 0 Å². The molecule has 2 aromatic carbocycles. The molecule has 0 N–H and O–H groups in total. The van der Waals surface area contributed by atoms with Crippen molar-refractivity contribution >= 4 is 0 Å². The Morgan fingerprint density at radius 2 is 2.00 bits per heavy atom. The molecule has 0 bridgehead atoms. The number of rotatable bonds is 5. The number of methoxy groups -OCH3 is 1. The monoisotopic (exact) mass is 312 g/mol. The molecule has 3 rings (SSSR count). The zero-order chi connectivity index (χ0) is 16.2. The van der Waals surface area contributed by atoms with Gasteiger partial charge in [-0.25, -0.2) is 4.39 Å². The van der Waals surface area contributed by atoms with E-state index in [0.717, 1.165) is 11.1 Å². The number of benzene rings is 2. The lowest BCUT2D eigenvalue weighted by Crippen LogP contribution is -1.99. The predicted octanol–water partition coefficient (Wildman–Crippen LogP) is 4.23. The van der Waals surface area contributed by atoms with Crippen molar-refractivity contribution in [1.29, 1.82) is 0 Å². The van der Waals surface area contributed by atoms with Crippen molar-refractivity contribution < 1.29 is 13.7 Å². The summed E-state index contributed by atoms with van der Waals surface area (Å²) >= 11 is 0. The van der Waals surface area contributed by atoms with Gasteiger partial charge in [0.2, 0.25) is 11.7 Å². The van der Waals surface area contributed by atoms with Crippen LogP contribution in [0.1, 0.15) is 24.3 Å². The molecule has 0 saturated heterocycles. The average molecular weight is 312 g/mol. The molecule has 1 atom stereocenters. The van der Waals surface area contributed by atoms with E-state index < -0.39 is 0 Å². The second-order valence-electron chi connectivity index (χ2n) is 5.39. The van der Waals surface area contributed by atoms with Crippen LogP contribution in [-0.2, 0) is 6.42 Å². The Labute approximate surface area is 133 Å². The molecule has 0 fully saturated rings. The summed E-state index contributed by atoms with van der Waals surface area (Å²) in [6.45, 7) is 1.98. The molecular formula is C18H17FN2O2. The fourth-order valence-electron chi connectivity index (χ4n) is 2.48. The molecule has 0 saturated carbocycles. The summed E-state index contributed by atoms with van der Waals surface area (Å²) < 4.78 is 24.0. The molecule has 0 aliphatic rings. The molecule has 0 aliphatic carbocycles. The smallest absolute Gasteiger partial charge is 0.230 e. The Balaban J connectivity index is 1.81. The van der Waals surface area contributed by atoms with E-state index >= 15 is 0 Å². The second kappa shape index (κ2) is 6.60. The summed E-state index contributed by atoms with van der Waals surface area (Å²) in [5.41, 5.74) is 1.68. The Morgan fingerprint density at radius 1 is 1.17 bits per heavy atom. The summed E-state index contributed by atoms with van der Waals surface area (Å²) in [6.07, 6.45) is 0.630. The first-order chi connectivity index (χ1) is 11.2. The third-order valence-electron chi connectivity index (χ3n) is 3.64. The second-order valence-corrected chi connectivity index (χ2v) is 5.39. The highest BCUT2D eigenvalue weighted by atomic mass is 19.1. The van der Waals surface area contributed by atoms with Crippen LogP contribution in [0, 0.1) is 5.82 Å².